The van der Waals surface area contributed by atoms with Gasteiger partial charge in [-0.2, -0.15) is 5.26 Å². The van der Waals surface area contributed by atoms with E-state index in [-0.39, 0.29) is 5.91 Å². The van der Waals surface area contributed by atoms with E-state index in [1.807, 2.05) is 7.05 Å². The summed E-state index contributed by atoms with van der Waals surface area (Å²) in [6, 6.07) is 9.39. The zero-order valence-electron chi connectivity index (χ0n) is 11.6. The van der Waals surface area contributed by atoms with Gasteiger partial charge in [-0.1, -0.05) is 6.07 Å². The van der Waals surface area contributed by atoms with Crippen LogP contribution >= 0.6 is 0 Å². The van der Waals surface area contributed by atoms with Crippen molar-refractivity contribution in [2.75, 3.05) is 32.1 Å². The smallest absolute Gasteiger partial charge is 0.238 e. The first-order valence-electron chi connectivity index (χ1n) is 6.77. The number of hydrogen-bond acceptors (Lipinski definition) is 4. The molecule has 20 heavy (non-hydrogen) atoms. The van der Waals surface area contributed by atoms with Gasteiger partial charge in [0.15, 0.2) is 0 Å². The van der Waals surface area contributed by atoms with Gasteiger partial charge in [-0.05, 0) is 38.1 Å². The summed E-state index contributed by atoms with van der Waals surface area (Å²) < 4.78 is 5.32. The van der Waals surface area contributed by atoms with Gasteiger partial charge < -0.3 is 10.1 Å². The van der Waals surface area contributed by atoms with Crippen molar-refractivity contribution in [1.82, 2.24) is 4.90 Å². The number of anilines is 1. The molecule has 0 aromatic heterocycles. The summed E-state index contributed by atoms with van der Waals surface area (Å²) >= 11 is 0. The van der Waals surface area contributed by atoms with Crippen LogP contribution in [-0.2, 0) is 9.53 Å². The lowest BCUT2D eigenvalue weighted by atomic mass is 10.1. The summed E-state index contributed by atoms with van der Waals surface area (Å²) in [4.78, 5) is 14.1. The lowest BCUT2D eigenvalue weighted by Gasteiger charge is -2.30. The van der Waals surface area contributed by atoms with Gasteiger partial charge >= 0.3 is 0 Å². The molecule has 1 heterocycles. The van der Waals surface area contributed by atoms with Gasteiger partial charge in [0.25, 0.3) is 0 Å². The molecule has 0 aliphatic carbocycles. The number of carbonyl (C=O) groups excluding carboxylic acids is 1. The summed E-state index contributed by atoms with van der Waals surface area (Å²) in [5.41, 5.74) is 1.20. The van der Waals surface area contributed by atoms with Crippen LogP contribution in [0.5, 0.6) is 0 Å². The van der Waals surface area contributed by atoms with Crippen LogP contribution in [0.1, 0.15) is 18.4 Å². The number of amides is 1. The molecule has 1 amide bonds. The minimum absolute atomic E-state index is 0.0610. The fourth-order valence-corrected chi connectivity index (χ4v) is 2.35. The van der Waals surface area contributed by atoms with Crippen molar-refractivity contribution in [2.24, 2.45) is 0 Å². The second-order valence-electron chi connectivity index (χ2n) is 5.00. The number of benzene rings is 1. The van der Waals surface area contributed by atoms with Gasteiger partial charge in [0.1, 0.15) is 0 Å². The number of rotatable bonds is 4. The summed E-state index contributed by atoms with van der Waals surface area (Å²) in [6.07, 6.45) is 1.93. The molecule has 0 saturated carbocycles. The molecule has 1 fully saturated rings. The summed E-state index contributed by atoms with van der Waals surface area (Å²) in [7, 11) is 1.96. The molecule has 1 aliphatic heterocycles. The highest BCUT2D eigenvalue weighted by Gasteiger charge is 2.20. The maximum atomic E-state index is 12.0. The third-order valence-electron chi connectivity index (χ3n) is 3.48. The quantitative estimate of drug-likeness (QED) is 0.905. The van der Waals surface area contributed by atoms with Crippen molar-refractivity contribution in [1.29, 1.82) is 5.26 Å². The number of carbonyl (C=O) groups is 1. The molecule has 2 rings (SSSR count). The van der Waals surface area contributed by atoms with E-state index in [4.69, 9.17) is 10.00 Å². The Morgan fingerprint density at radius 2 is 2.25 bits per heavy atom. The Hall–Kier alpha value is -1.90. The van der Waals surface area contributed by atoms with Crippen LogP contribution in [0.25, 0.3) is 0 Å². The van der Waals surface area contributed by atoms with Crippen molar-refractivity contribution in [3.8, 4) is 6.07 Å². The van der Waals surface area contributed by atoms with Crippen LogP contribution < -0.4 is 5.32 Å². The van der Waals surface area contributed by atoms with Crippen LogP contribution in [0.3, 0.4) is 0 Å². The number of ether oxygens (including phenoxy) is 1. The van der Waals surface area contributed by atoms with Gasteiger partial charge in [0, 0.05) is 24.9 Å². The van der Waals surface area contributed by atoms with Crippen LogP contribution in [0, 0.1) is 11.3 Å². The molecule has 5 nitrogen and oxygen atoms in total. The third-order valence-corrected chi connectivity index (χ3v) is 3.48. The molecule has 106 valence electrons. The van der Waals surface area contributed by atoms with Crippen LogP contribution in [-0.4, -0.2) is 43.7 Å². The predicted octanol–water partition coefficient (Wildman–Crippen LogP) is 1.61. The zero-order chi connectivity index (χ0) is 14.4. The minimum atomic E-state index is -0.0610. The third kappa shape index (κ3) is 4.05. The number of nitrogens with zero attached hydrogens (tertiary/aromatic N) is 2. The van der Waals surface area contributed by atoms with Crippen molar-refractivity contribution < 1.29 is 9.53 Å². The van der Waals surface area contributed by atoms with Gasteiger partial charge in [-0.15, -0.1) is 0 Å². The Morgan fingerprint density at radius 3 is 2.95 bits per heavy atom. The average molecular weight is 273 g/mol. The number of hydrogen-bond donors (Lipinski definition) is 1. The second kappa shape index (κ2) is 7.04. The van der Waals surface area contributed by atoms with E-state index in [1.54, 1.807) is 24.3 Å². The fourth-order valence-electron chi connectivity index (χ4n) is 2.35. The first kappa shape index (κ1) is 14.5. The molecular formula is C15H19N3O2. The van der Waals surface area contributed by atoms with E-state index in [1.165, 1.54) is 0 Å². The zero-order valence-corrected chi connectivity index (χ0v) is 11.6. The van der Waals surface area contributed by atoms with E-state index in [9.17, 15) is 4.79 Å². The summed E-state index contributed by atoms with van der Waals surface area (Å²) in [5, 5.41) is 11.7. The molecule has 0 atom stereocenters. The Kier molecular flexibility index (Phi) is 5.10. The second-order valence-corrected chi connectivity index (χ2v) is 5.00. The topological polar surface area (TPSA) is 65.4 Å². The van der Waals surface area contributed by atoms with Gasteiger partial charge in [0.2, 0.25) is 5.91 Å². The van der Waals surface area contributed by atoms with Crippen molar-refractivity contribution in [3.05, 3.63) is 29.8 Å². The Labute approximate surface area is 119 Å². The van der Waals surface area contributed by atoms with Crippen LogP contribution in [0.15, 0.2) is 24.3 Å². The van der Waals surface area contributed by atoms with E-state index in [2.05, 4.69) is 16.3 Å². The van der Waals surface area contributed by atoms with Crippen LogP contribution in [0.2, 0.25) is 0 Å². The molecule has 1 aromatic carbocycles. The standard InChI is InChI=1S/C15H19N3O2/c1-18(14-5-7-20-8-6-14)11-15(19)17-13-4-2-3-12(9-13)10-16/h2-4,9,14H,5-8,11H2,1H3,(H,17,19). The van der Waals surface area contributed by atoms with Crippen molar-refractivity contribution >= 4 is 11.6 Å². The molecule has 1 N–H and O–H groups in total. The molecule has 0 bridgehead atoms. The molecule has 5 heteroatoms. The van der Waals surface area contributed by atoms with Gasteiger partial charge in [-0.25, -0.2) is 0 Å². The van der Waals surface area contributed by atoms with Gasteiger partial charge in [-0.3, -0.25) is 9.69 Å². The lowest BCUT2D eigenvalue weighted by Crippen LogP contribution is -2.41. The Morgan fingerprint density at radius 1 is 1.50 bits per heavy atom. The van der Waals surface area contributed by atoms with E-state index < -0.39 is 0 Å². The minimum Gasteiger partial charge on any atom is -0.381 e. The van der Waals surface area contributed by atoms with E-state index in [0.717, 1.165) is 26.1 Å². The highest BCUT2D eigenvalue weighted by molar-refractivity contribution is 5.92. The monoisotopic (exact) mass is 273 g/mol. The molecule has 0 radical (unpaired) electrons. The molecule has 0 spiro atoms. The Balaban J connectivity index is 1.86. The largest absolute Gasteiger partial charge is 0.381 e. The normalized spacial score (nSPS) is 15.8. The molecule has 1 saturated heterocycles. The first-order chi connectivity index (χ1) is 9.69. The summed E-state index contributed by atoms with van der Waals surface area (Å²) in [5.74, 6) is -0.0610. The lowest BCUT2D eigenvalue weighted by molar-refractivity contribution is -0.118. The average Bonchev–Trinajstić information content (AvgIpc) is 2.48. The number of likely N-dealkylation sites (N-methyl/N-ethyl adjacent to an activating group) is 1. The predicted molar refractivity (Wildman–Crippen MR) is 76.3 cm³/mol. The van der Waals surface area contributed by atoms with Gasteiger partial charge in [0.05, 0.1) is 18.2 Å². The maximum Gasteiger partial charge on any atom is 0.238 e. The Bertz CT molecular complexity index is 504. The van der Waals surface area contributed by atoms with E-state index >= 15 is 0 Å². The highest BCUT2D eigenvalue weighted by atomic mass is 16.5. The fraction of sp³-hybridized carbons (Fsp3) is 0.467. The number of nitrogens with one attached hydrogen (secondary N) is 1. The van der Waals surface area contributed by atoms with E-state index in [0.29, 0.717) is 23.8 Å². The van der Waals surface area contributed by atoms with Crippen LogP contribution in [0.4, 0.5) is 5.69 Å². The molecule has 1 aliphatic rings. The highest BCUT2D eigenvalue weighted by Crippen LogP contribution is 2.13. The van der Waals surface area contributed by atoms with Crippen molar-refractivity contribution in [3.63, 3.8) is 0 Å². The number of nitriles is 1. The van der Waals surface area contributed by atoms with Crippen molar-refractivity contribution in [2.45, 2.75) is 18.9 Å². The molecule has 1 aromatic rings. The molecule has 0 unspecified atom stereocenters. The first-order valence-corrected chi connectivity index (χ1v) is 6.77. The molecular weight excluding hydrogens is 254 g/mol. The maximum absolute atomic E-state index is 12.0. The SMILES string of the molecule is CN(CC(=O)Nc1cccc(C#N)c1)C1CCOCC1. The summed E-state index contributed by atoms with van der Waals surface area (Å²) in [6.45, 7) is 1.88.